The first-order valence-corrected chi connectivity index (χ1v) is 6.35. The summed E-state index contributed by atoms with van der Waals surface area (Å²) in [5.74, 6) is -3.84. The molecule has 1 aliphatic rings. The molecule has 0 atom stereocenters. The number of rotatable bonds is 1. The minimum Gasteiger partial charge on any atom is -0.293 e. The van der Waals surface area contributed by atoms with Gasteiger partial charge in [-0.15, -0.1) is 0 Å². The van der Waals surface area contributed by atoms with Gasteiger partial charge in [0.05, 0.1) is 5.56 Å². The summed E-state index contributed by atoms with van der Waals surface area (Å²) in [6.07, 6.45) is -4.82. The number of alkyl halides is 3. The molecule has 0 saturated carbocycles. The van der Waals surface area contributed by atoms with Crippen LogP contribution < -0.4 is 0 Å². The fraction of sp³-hybridized carbons (Fsp3) is 0.125. The Labute approximate surface area is 122 Å². The van der Waals surface area contributed by atoms with E-state index in [0.29, 0.717) is 12.1 Å². The molecule has 0 fully saturated rings. The predicted molar refractivity (Wildman–Crippen MR) is 69.2 cm³/mol. The Morgan fingerprint density at radius 3 is 1.86 bits per heavy atom. The molecule has 2 nitrogen and oxygen atoms in total. The van der Waals surface area contributed by atoms with Crippen molar-refractivity contribution in [1.82, 2.24) is 0 Å². The normalized spacial score (nSPS) is 15.3. The summed E-state index contributed by atoms with van der Waals surface area (Å²) >= 11 is 0. The Bertz CT molecular complexity index is 758. The third kappa shape index (κ3) is 2.11. The quantitative estimate of drug-likeness (QED) is 0.589. The van der Waals surface area contributed by atoms with E-state index in [2.05, 4.69) is 0 Å². The molecule has 0 aliphatic heterocycles. The Hall–Kier alpha value is -2.50. The van der Waals surface area contributed by atoms with Gasteiger partial charge in [0, 0.05) is 11.1 Å². The van der Waals surface area contributed by atoms with Crippen LogP contribution in [0.5, 0.6) is 0 Å². The Morgan fingerprint density at radius 1 is 0.864 bits per heavy atom. The van der Waals surface area contributed by atoms with Crippen molar-refractivity contribution < 1.29 is 27.2 Å². The van der Waals surface area contributed by atoms with Crippen LogP contribution >= 0.6 is 0 Å². The van der Waals surface area contributed by atoms with E-state index < -0.39 is 35.0 Å². The highest BCUT2D eigenvalue weighted by atomic mass is 19.4. The molecular weight excluding hydrogens is 300 g/mol. The SMILES string of the molecule is O=C1c2ccccc2C(=O)C1c1ccc(C(F)(F)F)c(F)c1. The van der Waals surface area contributed by atoms with Crippen LogP contribution in [-0.4, -0.2) is 11.6 Å². The second-order valence-corrected chi connectivity index (χ2v) is 4.94. The third-order valence-corrected chi connectivity index (χ3v) is 3.61. The van der Waals surface area contributed by atoms with E-state index in [4.69, 9.17) is 0 Å². The number of hydrogen-bond donors (Lipinski definition) is 0. The van der Waals surface area contributed by atoms with E-state index >= 15 is 0 Å². The molecule has 112 valence electrons. The first-order valence-electron chi connectivity index (χ1n) is 6.35. The Morgan fingerprint density at radius 2 is 1.41 bits per heavy atom. The minimum absolute atomic E-state index is 0.0725. The van der Waals surface area contributed by atoms with Crippen molar-refractivity contribution in [2.45, 2.75) is 12.1 Å². The van der Waals surface area contributed by atoms with Gasteiger partial charge >= 0.3 is 6.18 Å². The number of fused-ring (bicyclic) bond motifs is 1. The number of carbonyl (C=O) groups is 2. The maximum atomic E-state index is 13.6. The van der Waals surface area contributed by atoms with Gasteiger partial charge in [-0.3, -0.25) is 9.59 Å². The van der Waals surface area contributed by atoms with Crippen molar-refractivity contribution in [3.8, 4) is 0 Å². The number of hydrogen-bond acceptors (Lipinski definition) is 2. The number of halogens is 4. The molecule has 0 amide bonds. The van der Waals surface area contributed by atoms with Crippen LogP contribution in [0.3, 0.4) is 0 Å². The molecule has 0 bridgehead atoms. The molecular formula is C16H8F4O2. The minimum atomic E-state index is -4.82. The van der Waals surface area contributed by atoms with Gasteiger partial charge in [-0.1, -0.05) is 30.3 Å². The Balaban J connectivity index is 2.05. The summed E-state index contributed by atoms with van der Waals surface area (Å²) in [6.45, 7) is 0. The average molecular weight is 308 g/mol. The topological polar surface area (TPSA) is 34.1 Å². The summed E-state index contributed by atoms with van der Waals surface area (Å²) in [5, 5.41) is 0. The van der Waals surface area contributed by atoms with E-state index in [1.165, 1.54) is 12.1 Å². The zero-order valence-electron chi connectivity index (χ0n) is 10.9. The van der Waals surface area contributed by atoms with Gasteiger partial charge in [-0.25, -0.2) is 4.39 Å². The summed E-state index contributed by atoms with van der Waals surface area (Å²) < 4.78 is 51.3. The van der Waals surface area contributed by atoms with E-state index in [-0.39, 0.29) is 16.7 Å². The lowest BCUT2D eigenvalue weighted by molar-refractivity contribution is -0.140. The molecule has 0 N–H and O–H groups in total. The number of benzene rings is 2. The number of carbonyl (C=O) groups excluding carboxylic acids is 2. The van der Waals surface area contributed by atoms with E-state index in [1.54, 1.807) is 12.1 Å². The molecule has 3 rings (SSSR count). The van der Waals surface area contributed by atoms with Crippen molar-refractivity contribution in [1.29, 1.82) is 0 Å². The molecule has 2 aromatic rings. The molecule has 0 saturated heterocycles. The summed E-state index contributed by atoms with van der Waals surface area (Å²) in [7, 11) is 0. The molecule has 2 aromatic carbocycles. The maximum absolute atomic E-state index is 13.6. The highest BCUT2D eigenvalue weighted by Crippen LogP contribution is 2.37. The summed E-state index contributed by atoms with van der Waals surface area (Å²) in [4.78, 5) is 24.5. The first kappa shape index (κ1) is 14.4. The van der Waals surface area contributed by atoms with E-state index in [0.717, 1.165) is 6.07 Å². The standard InChI is InChI=1S/C16H8F4O2/c17-12-7-8(5-6-11(12)16(18,19)20)13-14(21)9-3-1-2-4-10(9)15(13)22/h1-7,13H. The number of ketones is 2. The van der Waals surface area contributed by atoms with Crippen molar-refractivity contribution in [3.63, 3.8) is 0 Å². The van der Waals surface area contributed by atoms with Gasteiger partial charge < -0.3 is 0 Å². The van der Waals surface area contributed by atoms with Crippen LogP contribution in [0, 0.1) is 5.82 Å². The van der Waals surface area contributed by atoms with Gasteiger partial charge in [-0.2, -0.15) is 13.2 Å². The van der Waals surface area contributed by atoms with Gasteiger partial charge in [0.25, 0.3) is 0 Å². The second-order valence-electron chi connectivity index (χ2n) is 4.94. The second kappa shape index (κ2) is 4.76. The zero-order valence-corrected chi connectivity index (χ0v) is 10.9. The van der Waals surface area contributed by atoms with Crippen molar-refractivity contribution in [3.05, 3.63) is 70.5 Å². The molecule has 0 heterocycles. The zero-order chi connectivity index (χ0) is 16.1. The molecule has 22 heavy (non-hydrogen) atoms. The lowest BCUT2D eigenvalue weighted by Gasteiger charge is -2.11. The van der Waals surface area contributed by atoms with Crippen molar-refractivity contribution in [2.24, 2.45) is 0 Å². The molecule has 0 spiro atoms. The van der Waals surface area contributed by atoms with Crippen LogP contribution in [0.15, 0.2) is 42.5 Å². The highest BCUT2D eigenvalue weighted by molar-refractivity contribution is 6.29. The van der Waals surface area contributed by atoms with Crippen LogP contribution in [0.1, 0.15) is 37.8 Å². The van der Waals surface area contributed by atoms with Crippen LogP contribution in [0.4, 0.5) is 17.6 Å². The largest absolute Gasteiger partial charge is 0.419 e. The van der Waals surface area contributed by atoms with Gasteiger partial charge in [0.2, 0.25) is 0 Å². The summed E-state index contributed by atoms with van der Waals surface area (Å²) in [6, 6.07) is 8.23. The van der Waals surface area contributed by atoms with Gasteiger partial charge in [0.1, 0.15) is 11.7 Å². The van der Waals surface area contributed by atoms with Crippen LogP contribution in [0.25, 0.3) is 0 Å². The molecule has 1 aliphatic carbocycles. The van der Waals surface area contributed by atoms with Crippen LogP contribution in [-0.2, 0) is 6.18 Å². The molecule has 6 heteroatoms. The van der Waals surface area contributed by atoms with Gasteiger partial charge in [0.15, 0.2) is 11.6 Å². The smallest absolute Gasteiger partial charge is 0.293 e. The third-order valence-electron chi connectivity index (χ3n) is 3.61. The lowest BCUT2D eigenvalue weighted by Crippen LogP contribution is -2.15. The molecule has 0 aromatic heterocycles. The Kier molecular flexibility index (Phi) is 3.12. The fourth-order valence-corrected chi connectivity index (χ4v) is 2.59. The van der Waals surface area contributed by atoms with Crippen LogP contribution in [0.2, 0.25) is 0 Å². The predicted octanol–water partition coefficient (Wildman–Crippen LogP) is 4.01. The maximum Gasteiger partial charge on any atom is 0.419 e. The monoisotopic (exact) mass is 308 g/mol. The molecule has 0 unspecified atom stereocenters. The first-order chi connectivity index (χ1) is 10.3. The highest BCUT2D eigenvalue weighted by Gasteiger charge is 2.40. The number of Topliss-reactive ketones (excluding diaryl/α,β-unsaturated/α-hetero) is 2. The fourth-order valence-electron chi connectivity index (χ4n) is 2.59. The van der Waals surface area contributed by atoms with Crippen molar-refractivity contribution >= 4 is 11.6 Å². The van der Waals surface area contributed by atoms with Gasteiger partial charge in [-0.05, 0) is 17.7 Å². The summed E-state index contributed by atoms with van der Waals surface area (Å²) in [5.41, 5.74) is -1.08. The van der Waals surface area contributed by atoms with Crippen molar-refractivity contribution in [2.75, 3.05) is 0 Å². The van der Waals surface area contributed by atoms with E-state index in [1.807, 2.05) is 0 Å². The van der Waals surface area contributed by atoms with E-state index in [9.17, 15) is 27.2 Å². The average Bonchev–Trinajstić information content (AvgIpc) is 2.70. The molecule has 0 radical (unpaired) electrons. The lowest BCUT2D eigenvalue weighted by atomic mass is 9.93.